The lowest BCUT2D eigenvalue weighted by atomic mass is 10.2. The van der Waals surface area contributed by atoms with Gasteiger partial charge in [0.2, 0.25) is 5.91 Å². The summed E-state index contributed by atoms with van der Waals surface area (Å²) in [5.74, 6) is -1.13. The Kier molecular flexibility index (Phi) is 5.00. The lowest BCUT2D eigenvalue weighted by molar-refractivity contribution is -0.121. The van der Waals surface area contributed by atoms with Gasteiger partial charge in [-0.15, -0.1) is 0 Å². The van der Waals surface area contributed by atoms with Crippen molar-refractivity contribution in [2.24, 2.45) is 0 Å². The van der Waals surface area contributed by atoms with Crippen molar-refractivity contribution >= 4 is 17.5 Å². The van der Waals surface area contributed by atoms with E-state index in [1.54, 1.807) is 18.2 Å². The zero-order chi connectivity index (χ0) is 17.8. The van der Waals surface area contributed by atoms with Gasteiger partial charge in [-0.05, 0) is 35.9 Å². The molecule has 0 radical (unpaired) electrons. The maximum absolute atomic E-state index is 13.0. The number of hydrogen-bond acceptors (Lipinski definition) is 3. The predicted molar refractivity (Wildman–Crippen MR) is 91.7 cm³/mol. The second kappa shape index (κ2) is 7.36. The molecule has 3 aromatic rings. The third kappa shape index (κ3) is 4.16. The van der Waals surface area contributed by atoms with Crippen LogP contribution in [-0.2, 0) is 17.9 Å². The molecule has 1 amide bonds. The number of amides is 1. The van der Waals surface area contributed by atoms with Crippen LogP contribution in [0.1, 0.15) is 5.56 Å². The molecule has 0 saturated heterocycles. The molecule has 5 nitrogen and oxygen atoms in total. The minimum atomic E-state index is -0.660. The van der Waals surface area contributed by atoms with Gasteiger partial charge in [-0.25, -0.2) is 9.18 Å². The highest BCUT2D eigenvalue weighted by Crippen LogP contribution is 2.18. The molecule has 2 aromatic carbocycles. The number of nitrogens with one attached hydrogen (secondary N) is 1. The summed E-state index contributed by atoms with van der Waals surface area (Å²) in [7, 11) is 0. The second-order valence-corrected chi connectivity index (χ2v) is 5.77. The fourth-order valence-corrected chi connectivity index (χ4v) is 2.48. The Morgan fingerprint density at radius 2 is 1.88 bits per heavy atom. The third-order valence-electron chi connectivity index (χ3n) is 3.58. The van der Waals surface area contributed by atoms with E-state index < -0.39 is 5.76 Å². The van der Waals surface area contributed by atoms with E-state index in [0.717, 1.165) is 10.1 Å². The molecule has 1 heterocycles. The van der Waals surface area contributed by atoms with Crippen LogP contribution in [0.5, 0.6) is 0 Å². The molecular weight excluding hydrogens is 347 g/mol. The van der Waals surface area contributed by atoms with Gasteiger partial charge in [-0.3, -0.25) is 9.36 Å². The molecule has 0 spiro atoms. The summed E-state index contributed by atoms with van der Waals surface area (Å²) in [6, 6.07) is 12.7. The van der Waals surface area contributed by atoms with Gasteiger partial charge in [0.25, 0.3) is 0 Å². The monoisotopic (exact) mass is 360 g/mol. The maximum atomic E-state index is 13.0. The number of nitrogens with zero attached hydrogens (tertiary/aromatic N) is 1. The predicted octanol–water partition coefficient (Wildman–Crippen LogP) is 3.22. The summed E-state index contributed by atoms with van der Waals surface area (Å²) >= 11 is 6.03. The molecule has 0 aliphatic carbocycles. The van der Waals surface area contributed by atoms with Gasteiger partial charge < -0.3 is 9.73 Å². The van der Waals surface area contributed by atoms with E-state index in [4.69, 9.17) is 16.0 Å². The largest absolute Gasteiger partial charge is 0.419 e. The lowest BCUT2D eigenvalue weighted by Gasteiger charge is -2.06. The van der Waals surface area contributed by atoms with Crippen LogP contribution >= 0.6 is 11.6 Å². The summed E-state index contributed by atoms with van der Waals surface area (Å²) in [6.45, 7) is 0.0733. The summed E-state index contributed by atoms with van der Waals surface area (Å²) in [5.41, 5.74) is 1.33. The Balaban J connectivity index is 1.66. The molecule has 0 aliphatic rings. The molecule has 0 bridgehead atoms. The van der Waals surface area contributed by atoms with Crippen molar-refractivity contribution in [3.05, 3.63) is 81.7 Å². The molecule has 3 rings (SSSR count). The first-order valence-corrected chi connectivity index (χ1v) is 7.87. The van der Waals surface area contributed by atoms with Gasteiger partial charge in [0.15, 0.2) is 5.76 Å². The topological polar surface area (TPSA) is 64.2 Å². The van der Waals surface area contributed by atoms with E-state index in [9.17, 15) is 14.0 Å². The molecule has 1 aromatic heterocycles. The van der Waals surface area contributed by atoms with Gasteiger partial charge in [-0.2, -0.15) is 0 Å². The van der Waals surface area contributed by atoms with Crippen LogP contribution < -0.4 is 11.1 Å². The fourth-order valence-electron chi connectivity index (χ4n) is 2.28. The van der Waals surface area contributed by atoms with Crippen LogP contribution in [0, 0.1) is 5.82 Å². The molecule has 0 fully saturated rings. The van der Waals surface area contributed by atoms with E-state index in [1.165, 1.54) is 30.5 Å². The summed E-state index contributed by atoms with van der Waals surface area (Å²) in [4.78, 5) is 23.9. The molecule has 7 heteroatoms. The molecule has 128 valence electrons. The number of halogens is 2. The number of aromatic nitrogens is 1. The molecule has 25 heavy (non-hydrogen) atoms. The second-order valence-electron chi connectivity index (χ2n) is 5.36. The van der Waals surface area contributed by atoms with Crippen molar-refractivity contribution < 1.29 is 13.6 Å². The Hall–Kier alpha value is -2.86. The van der Waals surface area contributed by atoms with E-state index in [-0.39, 0.29) is 30.6 Å². The number of oxazole rings is 1. The summed E-state index contributed by atoms with van der Waals surface area (Å²) in [5, 5.41) is 3.25. The minimum absolute atomic E-state index is 0.187. The van der Waals surface area contributed by atoms with Crippen molar-refractivity contribution in [1.29, 1.82) is 0 Å². The quantitative estimate of drug-likeness (QED) is 0.759. The van der Waals surface area contributed by atoms with Crippen LogP contribution in [0.2, 0.25) is 5.02 Å². The average molecular weight is 361 g/mol. The Bertz CT molecular complexity index is 947. The number of carbonyl (C=O) groups excluding carboxylic acids is 1. The van der Waals surface area contributed by atoms with Gasteiger partial charge in [-0.1, -0.05) is 29.8 Å². The molecule has 0 atom stereocenters. The molecule has 1 N–H and O–H groups in total. The van der Waals surface area contributed by atoms with Crippen LogP contribution in [0.15, 0.2) is 63.9 Å². The SMILES string of the molecule is O=C(Cn1cc(-c2ccc(F)cc2)oc1=O)NCc1ccccc1Cl. The Morgan fingerprint density at radius 3 is 2.60 bits per heavy atom. The smallest absolute Gasteiger partial charge is 0.408 e. The van der Waals surface area contributed by atoms with Gasteiger partial charge >= 0.3 is 5.76 Å². The molecule has 0 aliphatic heterocycles. The molecule has 0 unspecified atom stereocenters. The highest BCUT2D eigenvalue weighted by Gasteiger charge is 2.12. The zero-order valence-electron chi connectivity index (χ0n) is 13.0. The summed E-state index contributed by atoms with van der Waals surface area (Å²) < 4.78 is 19.2. The zero-order valence-corrected chi connectivity index (χ0v) is 13.8. The third-order valence-corrected chi connectivity index (χ3v) is 3.95. The minimum Gasteiger partial charge on any atom is -0.408 e. The van der Waals surface area contributed by atoms with Gasteiger partial charge in [0.1, 0.15) is 12.4 Å². The van der Waals surface area contributed by atoms with Crippen LogP contribution in [0.4, 0.5) is 4.39 Å². The van der Waals surface area contributed by atoms with E-state index in [0.29, 0.717) is 10.6 Å². The first kappa shape index (κ1) is 17.0. The Labute approximate surface area is 147 Å². The van der Waals surface area contributed by atoms with Gasteiger partial charge in [0.05, 0.1) is 6.20 Å². The highest BCUT2D eigenvalue weighted by molar-refractivity contribution is 6.31. The number of benzene rings is 2. The van der Waals surface area contributed by atoms with Crippen molar-refractivity contribution in [1.82, 2.24) is 9.88 Å². The maximum Gasteiger partial charge on any atom is 0.419 e. The number of rotatable bonds is 5. The van der Waals surface area contributed by atoms with Crippen LogP contribution in [0.25, 0.3) is 11.3 Å². The number of carbonyl (C=O) groups is 1. The number of hydrogen-bond donors (Lipinski definition) is 1. The molecule has 0 saturated carbocycles. The van der Waals surface area contributed by atoms with Crippen LogP contribution in [0.3, 0.4) is 0 Å². The normalized spacial score (nSPS) is 10.6. The van der Waals surface area contributed by atoms with Crippen molar-refractivity contribution in [3.8, 4) is 11.3 Å². The van der Waals surface area contributed by atoms with Crippen LogP contribution in [-0.4, -0.2) is 10.5 Å². The van der Waals surface area contributed by atoms with Crippen molar-refractivity contribution in [3.63, 3.8) is 0 Å². The Morgan fingerprint density at radius 1 is 1.16 bits per heavy atom. The lowest BCUT2D eigenvalue weighted by Crippen LogP contribution is -2.30. The molecular formula is C18H14ClFN2O3. The summed E-state index contributed by atoms with van der Waals surface area (Å²) in [6.07, 6.45) is 1.42. The van der Waals surface area contributed by atoms with Crippen molar-refractivity contribution in [2.75, 3.05) is 0 Å². The van der Waals surface area contributed by atoms with Crippen molar-refractivity contribution in [2.45, 2.75) is 13.1 Å². The van der Waals surface area contributed by atoms with E-state index >= 15 is 0 Å². The average Bonchev–Trinajstić information content (AvgIpc) is 2.95. The highest BCUT2D eigenvalue weighted by atomic mass is 35.5. The first-order valence-electron chi connectivity index (χ1n) is 7.49. The standard InChI is InChI=1S/C18H14ClFN2O3/c19-15-4-2-1-3-13(15)9-21-17(23)11-22-10-16(25-18(22)24)12-5-7-14(20)8-6-12/h1-8,10H,9,11H2,(H,21,23). The van der Waals surface area contributed by atoms with Gasteiger partial charge in [0, 0.05) is 17.1 Å². The fraction of sp³-hybridized carbons (Fsp3) is 0.111. The van der Waals surface area contributed by atoms with E-state index in [1.807, 2.05) is 6.07 Å². The first-order chi connectivity index (χ1) is 12.0. The van der Waals surface area contributed by atoms with E-state index in [2.05, 4.69) is 5.32 Å².